The first kappa shape index (κ1) is 19.4. The van der Waals surface area contributed by atoms with Crippen molar-refractivity contribution in [3.05, 3.63) is 66.0 Å². The van der Waals surface area contributed by atoms with Gasteiger partial charge >= 0.3 is 0 Å². The lowest BCUT2D eigenvalue weighted by molar-refractivity contribution is -0.130. The lowest BCUT2D eigenvalue weighted by atomic mass is 9.96. The molecule has 0 N–H and O–H groups in total. The molecule has 0 aliphatic carbocycles. The number of hydrogen-bond acceptors (Lipinski definition) is 4. The number of benzene rings is 2. The molecule has 29 heavy (non-hydrogen) atoms. The van der Waals surface area contributed by atoms with Crippen LogP contribution in [0.2, 0.25) is 0 Å². The number of carbonyl (C=O) groups is 1. The van der Waals surface area contributed by atoms with E-state index in [1.165, 1.54) is 5.56 Å². The quantitative estimate of drug-likeness (QED) is 0.622. The molecule has 0 saturated carbocycles. The van der Waals surface area contributed by atoms with Gasteiger partial charge in [0.1, 0.15) is 5.88 Å². The molecule has 1 aliphatic heterocycles. The van der Waals surface area contributed by atoms with E-state index in [-0.39, 0.29) is 11.8 Å². The predicted molar refractivity (Wildman–Crippen MR) is 114 cm³/mol. The molecule has 0 bridgehead atoms. The molecule has 146 valence electrons. The Bertz CT molecular complexity index is 1070. The number of alkyl halides is 1. The lowest BCUT2D eigenvalue weighted by Crippen LogP contribution is -2.48. The van der Waals surface area contributed by atoms with Crippen molar-refractivity contribution in [2.24, 2.45) is 0 Å². The molecule has 3 aromatic rings. The number of halogens is 1. The van der Waals surface area contributed by atoms with Crippen molar-refractivity contribution in [1.82, 2.24) is 14.8 Å². The van der Waals surface area contributed by atoms with Gasteiger partial charge in [0.15, 0.2) is 0 Å². The smallest absolute Gasteiger partial charge is 0.237 e. The number of nitriles is 1. The van der Waals surface area contributed by atoms with E-state index in [4.69, 9.17) is 16.9 Å². The van der Waals surface area contributed by atoms with Crippen molar-refractivity contribution in [2.75, 3.05) is 32.1 Å². The summed E-state index contributed by atoms with van der Waals surface area (Å²) in [6, 6.07) is 16.3. The Morgan fingerprint density at radius 2 is 1.86 bits per heavy atom. The SMILES string of the molecule is N#Cc1ccc(-c2cc(CN3CCN(C(=O)CCl)CC3)cc3cnccc23)cc1. The number of piperazine rings is 1. The second-order valence-corrected chi connectivity index (χ2v) is 7.49. The fourth-order valence-electron chi connectivity index (χ4n) is 3.82. The Balaban J connectivity index is 1.61. The van der Waals surface area contributed by atoms with Crippen LogP contribution in [-0.2, 0) is 11.3 Å². The molecule has 1 aliphatic rings. The summed E-state index contributed by atoms with van der Waals surface area (Å²) in [5, 5.41) is 11.3. The topological polar surface area (TPSA) is 60.2 Å². The van der Waals surface area contributed by atoms with E-state index in [1.807, 2.05) is 47.6 Å². The van der Waals surface area contributed by atoms with Gasteiger partial charge in [-0.15, -0.1) is 11.6 Å². The van der Waals surface area contributed by atoms with Gasteiger partial charge in [-0.3, -0.25) is 14.7 Å². The van der Waals surface area contributed by atoms with Crippen LogP contribution in [0.4, 0.5) is 0 Å². The van der Waals surface area contributed by atoms with Gasteiger partial charge in [-0.2, -0.15) is 5.26 Å². The normalized spacial score (nSPS) is 14.7. The molecule has 1 aromatic heterocycles. The van der Waals surface area contributed by atoms with E-state index in [0.29, 0.717) is 18.7 Å². The third-order valence-electron chi connectivity index (χ3n) is 5.38. The van der Waals surface area contributed by atoms with Gasteiger partial charge in [0.05, 0.1) is 11.6 Å². The largest absolute Gasteiger partial charge is 0.339 e. The minimum absolute atomic E-state index is 0.00574. The zero-order chi connectivity index (χ0) is 20.2. The Kier molecular flexibility index (Phi) is 5.75. The third-order valence-corrected chi connectivity index (χ3v) is 5.61. The maximum absolute atomic E-state index is 11.8. The Morgan fingerprint density at radius 3 is 2.55 bits per heavy atom. The van der Waals surface area contributed by atoms with Crippen LogP contribution in [0.3, 0.4) is 0 Å². The van der Waals surface area contributed by atoms with Crippen LogP contribution in [0.1, 0.15) is 11.1 Å². The van der Waals surface area contributed by atoms with Gasteiger partial charge < -0.3 is 4.90 Å². The highest BCUT2D eigenvalue weighted by molar-refractivity contribution is 6.27. The van der Waals surface area contributed by atoms with E-state index in [1.54, 1.807) is 0 Å². The Hall–Kier alpha value is -2.94. The van der Waals surface area contributed by atoms with Gasteiger partial charge in [-0.05, 0) is 52.4 Å². The zero-order valence-electron chi connectivity index (χ0n) is 16.0. The fourth-order valence-corrected chi connectivity index (χ4v) is 3.99. The maximum atomic E-state index is 11.8. The van der Waals surface area contributed by atoms with E-state index in [9.17, 15) is 4.79 Å². The first-order valence-corrected chi connectivity index (χ1v) is 10.1. The number of amides is 1. The van der Waals surface area contributed by atoms with Crippen LogP contribution in [-0.4, -0.2) is 52.8 Å². The van der Waals surface area contributed by atoms with E-state index in [2.05, 4.69) is 28.1 Å². The molecule has 6 heteroatoms. The summed E-state index contributed by atoms with van der Waals surface area (Å²) in [4.78, 5) is 20.3. The molecule has 0 spiro atoms. The van der Waals surface area contributed by atoms with Crippen molar-refractivity contribution in [2.45, 2.75) is 6.54 Å². The molecule has 2 aromatic carbocycles. The second kappa shape index (κ2) is 8.60. The summed E-state index contributed by atoms with van der Waals surface area (Å²) in [7, 11) is 0. The number of rotatable bonds is 4. The highest BCUT2D eigenvalue weighted by Gasteiger charge is 2.20. The Morgan fingerprint density at radius 1 is 1.10 bits per heavy atom. The highest BCUT2D eigenvalue weighted by Crippen LogP contribution is 2.30. The van der Waals surface area contributed by atoms with Crippen LogP contribution < -0.4 is 0 Å². The van der Waals surface area contributed by atoms with E-state index in [0.717, 1.165) is 41.5 Å². The molecule has 0 atom stereocenters. The third kappa shape index (κ3) is 4.24. The van der Waals surface area contributed by atoms with Gasteiger partial charge in [0.2, 0.25) is 5.91 Å². The van der Waals surface area contributed by atoms with Gasteiger partial charge in [0, 0.05) is 50.5 Å². The average Bonchev–Trinajstić information content (AvgIpc) is 2.78. The van der Waals surface area contributed by atoms with Gasteiger partial charge in [-0.25, -0.2) is 0 Å². The first-order valence-electron chi connectivity index (χ1n) is 9.61. The number of fused-ring (bicyclic) bond motifs is 1. The summed E-state index contributed by atoms with van der Waals surface area (Å²) < 4.78 is 0. The standard InChI is InChI=1S/C23H21ClN4O/c24-13-23(29)28-9-7-27(8-10-28)16-18-11-20-15-26-6-5-21(20)22(12-18)19-3-1-17(14-25)2-4-19/h1-6,11-12,15H,7-10,13,16H2. The van der Waals surface area contributed by atoms with Crippen molar-refractivity contribution >= 4 is 28.3 Å². The number of pyridine rings is 1. The lowest BCUT2D eigenvalue weighted by Gasteiger charge is -2.34. The van der Waals surface area contributed by atoms with Crippen LogP contribution in [0.25, 0.3) is 21.9 Å². The first-order chi connectivity index (χ1) is 14.2. The summed E-state index contributed by atoms with van der Waals surface area (Å²) in [5.74, 6) is 0.0530. The molecular weight excluding hydrogens is 384 g/mol. The molecule has 4 rings (SSSR count). The fraction of sp³-hybridized carbons (Fsp3) is 0.261. The molecular formula is C23H21ClN4O. The minimum atomic E-state index is 0.00574. The van der Waals surface area contributed by atoms with E-state index < -0.39 is 0 Å². The molecule has 1 amide bonds. The van der Waals surface area contributed by atoms with Crippen molar-refractivity contribution in [3.8, 4) is 17.2 Å². The molecule has 0 radical (unpaired) electrons. The monoisotopic (exact) mass is 404 g/mol. The highest BCUT2D eigenvalue weighted by atomic mass is 35.5. The number of hydrogen-bond donors (Lipinski definition) is 0. The summed E-state index contributed by atoms with van der Waals surface area (Å²) >= 11 is 5.67. The summed E-state index contributed by atoms with van der Waals surface area (Å²) in [6.07, 6.45) is 3.70. The minimum Gasteiger partial charge on any atom is -0.339 e. The molecule has 2 heterocycles. The van der Waals surface area contributed by atoms with Crippen LogP contribution >= 0.6 is 11.6 Å². The van der Waals surface area contributed by atoms with E-state index >= 15 is 0 Å². The average molecular weight is 405 g/mol. The Labute approximate surface area is 175 Å². The van der Waals surface area contributed by atoms with Crippen molar-refractivity contribution in [1.29, 1.82) is 5.26 Å². The van der Waals surface area contributed by atoms with Gasteiger partial charge in [0.25, 0.3) is 0 Å². The molecule has 1 saturated heterocycles. The van der Waals surface area contributed by atoms with Gasteiger partial charge in [-0.1, -0.05) is 12.1 Å². The summed E-state index contributed by atoms with van der Waals surface area (Å²) in [6.45, 7) is 3.91. The second-order valence-electron chi connectivity index (χ2n) is 7.22. The maximum Gasteiger partial charge on any atom is 0.237 e. The van der Waals surface area contributed by atoms with Crippen molar-refractivity contribution in [3.63, 3.8) is 0 Å². The number of aromatic nitrogens is 1. The predicted octanol–water partition coefficient (Wildman–Crippen LogP) is 3.66. The number of nitrogens with zero attached hydrogens (tertiary/aromatic N) is 4. The zero-order valence-corrected chi connectivity index (χ0v) is 16.8. The molecule has 5 nitrogen and oxygen atoms in total. The van der Waals surface area contributed by atoms with Crippen LogP contribution in [0, 0.1) is 11.3 Å². The molecule has 1 fully saturated rings. The van der Waals surface area contributed by atoms with Crippen LogP contribution in [0.5, 0.6) is 0 Å². The molecule has 0 unspecified atom stereocenters. The number of carbonyl (C=O) groups excluding carboxylic acids is 1. The van der Waals surface area contributed by atoms with Crippen molar-refractivity contribution < 1.29 is 4.79 Å². The summed E-state index contributed by atoms with van der Waals surface area (Å²) in [5.41, 5.74) is 4.09. The van der Waals surface area contributed by atoms with Crippen LogP contribution in [0.15, 0.2) is 54.9 Å².